The molecule has 1 aliphatic heterocycles. The normalized spacial score (nSPS) is 20.6. The average molecular weight is 313 g/mol. The Kier molecular flexibility index (Phi) is 6.77. The summed E-state index contributed by atoms with van der Waals surface area (Å²) in [6.45, 7) is 6.29. The Hall–Kier alpha value is -0.810. The fourth-order valence-corrected chi connectivity index (χ4v) is 2.87. The minimum absolute atomic E-state index is 0.288. The minimum Gasteiger partial charge on any atom is -0.491 e. The third kappa shape index (κ3) is 5.47. The van der Waals surface area contributed by atoms with Crippen LogP contribution in [0, 0.1) is 0 Å². The zero-order chi connectivity index (χ0) is 15.1. The summed E-state index contributed by atoms with van der Waals surface area (Å²) < 4.78 is 5.53. The standard InChI is InChI=1S/C16H25ClN2O2/c1-2-19-9-3-4-14(19)10-18-11-15(20)12-21-16-7-5-13(17)6-8-16/h5-8,14-15,18,20H,2-4,9-12H2,1H3. The van der Waals surface area contributed by atoms with Crippen molar-refractivity contribution in [2.24, 2.45) is 0 Å². The molecule has 118 valence electrons. The van der Waals surface area contributed by atoms with Crippen LogP contribution in [0.5, 0.6) is 5.75 Å². The molecule has 1 saturated heterocycles. The Morgan fingerprint density at radius 2 is 2.19 bits per heavy atom. The first-order chi connectivity index (χ1) is 10.2. The Bertz CT molecular complexity index is 413. The highest BCUT2D eigenvalue weighted by atomic mass is 35.5. The fraction of sp³-hybridized carbons (Fsp3) is 0.625. The number of benzene rings is 1. The van der Waals surface area contributed by atoms with E-state index in [0.29, 0.717) is 17.6 Å². The van der Waals surface area contributed by atoms with E-state index in [1.165, 1.54) is 19.4 Å². The second kappa shape index (κ2) is 8.59. The molecule has 2 atom stereocenters. The smallest absolute Gasteiger partial charge is 0.119 e. The molecule has 2 N–H and O–H groups in total. The summed E-state index contributed by atoms with van der Waals surface area (Å²) in [6.07, 6.45) is 2.03. The molecule has 0 amide bonds. The van der Waals surface area contributed by atoms with E-state index in [1.807, 2.05) is 0 Å². The van der Waals surface area contributed by atoms with Crippen LogP contribution in [-0.4, -0.2) is 54.9 Å². The van der Waals surface area contributed by atoms with Crippen molar-refractivity contribution in [2.45, 2.75) is 31.9 Å². The van der Waals surface area contributed by atoms with E-state index in [1.54, 1.807) is 24.3 Å². The molecule has 0 saturated carbocycles. The number of nitrogens with zero attached hydrogens (tertiary/aromatic N) is 1. The average Bonchev–Trinajstić information content (AvgIpc) is 2.94. The Balaban J connectivity index is 1.61. The summed E-state index contributed by atoms with van der Waals surface area (Å²) in [6, 6.07) is 7.78. The quantitative estimate of drug-likeness (QED) is 0.772. The molecule has 1 aliphatic rings. The summed E-state index contributed by atoms with van der Waals surface area (Å²) in [5.41, 5.74) is 0. The SMILES string of the molecule is CCN1CCCC1CNCC(O)COc1ccc(Cl)cc1. The number of aliphatic hydroxyl groups excluding tert-OH is 1. The number of aliphatic hydroxyl groups is 1. The lowest BCUT2D eigenvalue weighted by atomic mass is 10.2. The van der Waals surface area contributed by atoms with Crippen molar-refractivity contribution in [1.82, 2.24) is 10.2 Å². The van der Waals surface area contributed by atoms with E-state index in [4.69, 9.17) is 16.3 Å². The van der Waals surface area contributed by atoms with Gasteiger partial charge >= 0.3 is 0 Å². The van der Waals surface area contributed by atoms with E-state index in [-0.39, 0.29) is 6.61 Å². The van der Waals surface area contributed by atoms with Gasteiger partial charge in [0.25, 0.3) is 0 Å². The lowest BCUT2D eigenvalue weighted by Gasteiger charge is -2.23. The zero-order valence-electron chi connectivity index (χ0n) is 12.6. The monoisotopic (exact) mass is 312 g/mol. The summed E-state index contributed by atoms with van der Waals surface area (Å²) in [7, 11) is 0. The van der Waals surface area contributed by atoms with Crippen molar-refractivity contribution in [3.05, 3.63) is 29.3 Å². The fourth-order valence-electron chi connectivity index (χ4n) is 2.74. The predicted octanol–water partition coefficient (Wildman–Crippen LogP) is 2.15. The Labute approximate surface area is 132 Å². The van der Waals surface area contributed by atoms with Crippen LogP contribution < -0.4 is 10.1 Å². The van der Waals surface area contributed by atoms with Crippen LogP contribution >= 0.6 is 11.6 Å². The van der Waals surface area contributed by atoms with Crippen molar-refractivity contribution >= 4 is 11.6 Å². The number of rotatable bonds is 8. The molecular weight excluding hydrogens is 288 g/mol. The highest BCUT2D eigenvalue weighted by Crippen LogP contribution is 2.16. The lowest BCUT2D eigenvalue weighted by molar-refractivity contribution is 0.104. The molecule has 1 aromatic rings. The van der Waals surface area contributed by atoms with Gasteiger partial charge in [0.15, 0.2) is 0 Å². The largest absolute Gasteiger partial charge is 0.491 e. The molecular formula is C16H25ClN2O2. The number of hydrogen-bond donors (Lipinski definition) is 2. The summed E-state index contributed by atoms with van der Waals surface area (Å²) in [5, 5.41) is 14.0. The number of halogens is 1. The van der Waals surface area contributed by atoms with Gasteiger partial charge in [-0.2, -0.15) is 0 Å². The van der Waals surface area contributed by atoms with Crippen LogP contribution in [0.15, 0.2) is 24.3 Å². The van der Waals surface area contributed by atoms with Crippen molar-refractivity contribution in [2.75, 3.05) is 32.8 Å². The maximum Gasteiger partial charge on any atom is 0.119 e. The zero-order valence-corrected chi connectivity index (χ0v) is 13.4. The van der Waals surface area contributed by atoms with Gasteiger partial charge in [0.2, 0.25) is 0 Å². The topological polar surface area (TPSA) is 44.7 Å². The van der Waals surface area contributed by atoms with Gasteiger partial charge in [0, 0.05) is 24.2 Å². The minimum atomic E-state index is -0.503. The summed E-state index contributed by atoms with van der Waals surface area (Å²) in [4.78, 5) is 2.49. The maximum atomic E-state index is 9.93. The van der Waals surface area contributed by atoms with Gasteiger partial charge in [-0.15, -0.1) is 0 Å². The van der Waals surface area contributed by atoms with Gasteiger partial charge in [-0.05, 0) is 50.2 Å². The van der Waals surface area contributed by atoms with E-state index < -0.39 is 6.10 Å². The van der Waals surface area contributed by atoms with Gasteiger partial charge in [-0.1, -0.05) is 18.5 Å². The Morgan fingerprint density at radius 3 is 2.90 bits per heavy atom. The third-order valence-corrected chi connectivity index (χ3v) is 4.17. The number of likely N-dealkylation sites (N-methyl/N-ethyl adjacent to an activating group) is 1. The molecule has 1 heterocycles. The number of likely N-dealkylation sites (tertiary alicyclic amines) is 1. The highest BCUT2D eigenvalue weighted by molar-refractivity contribution is 6.30. The summed E-state index contributed by atoms with van der Waals surface area (Å²) in [5.74, 6) is 0.728. The van der Waals surface area contributed by atoms with Gasteiger partial charge in [-0.3, -0.25) is 4.90 Å². The first-order valence-corrected chi connectivity index (χ1v) is 8.08. The molecule has 21 heavy (non-hydrogen) atoms. The van der Waals surface area contributed by atoms with E-state index in [2.05, 4.69) is 17.1 Å². The molecule has 1 aromatic carbocycles. The lowest BCUT2D eigenvalue weighted by Crippen LogP contribution is -2.41. The maximum absolute atomic E-state index is 9.93. The first kappa shape index (κ1) is 16.6. The van der Waals surface area contributed by atoms with E-state index in [0.717, 1.165) is 18.8 Å². The first-order valence-electron chi connectivity index (χ1n) is 7.70. The van der Waals surface area contributed by atoms with Crippen LogP contribution in [0.4, 0.5) is 0 Å². The summed E-state index contributed by atoms with van der Waals surface area (Å²) >= 11 is 5.81. The van der Waals surface area contributed by atoms with Crippen molar-refractivity contribution in [3.8, 4) is 5.75 Å². The molecule has 1 fully saturated rings. The van der Waals surface area contributed by atoms with Gasteiger partial charge in [-0.25, -0.2) is 0 Å². The second-order valence-corrected chi connectivity index (χ2v) is 5.94. The highest BCUT2D eigenvalue weighted by Gasteiger charge is 2.22. The van der Waals surface area contributed by atoms with E-state index >= 15 is 0 Å². The molecule has 2 unspecified atom stereocenters. The molecule has 2 rings (SSSR count). The van der Waals surface area contributed by atoms with Crippen molar-refractivity contribution < 1.29 is 9.84 Å². The number of hydrogen-bond acceptors (Lipinski definition) is 4. The number of nitrogens with one attached hydrogen (secondary N) is 1. The molecule has 0 spiro atoms. The second-order valence-electron chi connectivity index (χ2n) is 5.50. The van der Waals surface area contributed by atoms with Crippen LogP contribution in [0.1, 0.15) is 19.8 Å². The molecule has 0 bridgehead atoms. The van der Waals surface area contributed by atoms with Crippen LogP contribution in [0.25, 0.3) is 0 Å². The van der Waals surface area contributed by atoms with Gasteiger partial charge in [0.05, 0.1) is 0 Å². The van der Waals surface area contributed by atoms with E-state index in [9.17, 15) is 5.11 Å². The molecule has 5 heteroatoms. The van der Waals surface area contributed by atoms with Crippen LogP contribution in [0.2, 0.25) is 5.02 Å². The molecule has 0 aliphatic carbocycles. The van der Waals surface area contributed by atoms with Crippen LogP contribution in [-0.2, 0) is 0 Å². The molecule has 4 nitrogen and oxygen atoms in total. The number of ether oxygens (including phenoxy) is 1. The van der Waals surface area contributed by atoms with Gasteiger partial charge in [0.1, 0.15) is 18.5 Å². The van der Waals surface area contributed by atoms with Gasteiger partial charge < -0.3 is 15.2 Å². The Morgan fingerprint density at radius 1 is 1.43 bits per heavy atom. The molecule has 0 aromatic heterocycles. The molecule has 0 radical (unpaired) electrons. The third-order valence-electron chi connectivity index (χ3n) is 3.92. The predicted molar refractivity (Wildman–Crippen MR) is 86.1 cm³/mol. The van der Waals surface area contributed by atoms with Crippen molar-refractivity contribution in [3.63, 3.8) is 0 Å². The van der Waals surface area contributed by atoms with Crippen molar-refractivity contribution in [1.29, 1.82) is 0 Å². The van der Waals surface area contributed by atoms with Crippen LogP contribution in [0.3, 0.4) is 0 Å².